The van der Waals surface area contributed by atoms with E-state index in [4.69, 9.17) is 21.1 Å². The second-order valence-electron chi connectivity index (χ2n) is 7.72. The van der Waals surface area contributed by atoms with Crippen molar-refractivity contribution in [3.05, 3.63) is 53.1 Å². The maximum absolute atomic E-state index is 13.0. The fourth-order valence-corrected chi connectivity index (χ4v) is 5.31. The predicted molar refractivity (Wildman–Crippen MR) is 128 cm³/mol. The zero-order valence-corrected chi connectivity index (χ0v) is 20.7. The van der Waals surface area contributed by atoms with Crippen molar-refractivity contribution in [3.63, 3.8) is 0 Å². The summed E-state index contributed by atoms with van der Waals surface area (Å²) in [6.45, 7) is 6.06. The lowest BCUT2D eigenvalue weighted by molar-refractivity contribution is -0.117. The van der Waals surface area contributed by atoms with E-state index >= 15 is 0 Å². The number of hydrogen-bond acceptors (Lipinski definition) is 6. The number of rotatable bonds is 9. The molecule has 1 heterocycles. The van der Waals surface area contributed by atoms with Crippen LogP contribution in [0.15, 0.2) is 47.4 Å². The van der Waals surface area contributed by atoms with E-state index in [0.29, 0.717) is 32.8 Å². The van der Waals surface area contributed by atoms with Gasteiger partial charge in [0.15, 0.2) is 0 Å². The van der Waals surface area contributed by atoms with Gasteiger partial charge in [-0.2, -0.15) is 4.31 Å². The molecular weight excluding hydrogens is 466 g/mol. The lowest BCUT2D eigenvalue weighted by atomic mass is 10.1. The van der Waals surface area contributed by atoms with Crippen molar-refractivity contribution in [1.29, 1.82) is 0 Å². The molecule has 1 N–H and O–H groups in total. The molecule has 2 aromatic rings. The molecule has 0 radical (unpaired) electrons. The number of halogens is 1. The van der Waals surface area contributed by atoms with Crippen molar-refractivity contribution in [2.24, 2.45) is 0 Å². The molecule has 1 aliphatic rings. The number of ether oxygens (including phenoxy) is 2. The van der Waals surface area contributed by atoms with Crippen LogP contribution in [0.4, 0.5) is 5.69 Å². The van der Waals surface area contributed by atoms with Gasteiger partial charge >= 0.3 is 0 Å². The molecule has 0 aliphatic carbocycles. The van der Waals surface area contributed by atoms with Crippen molar-refractivity contribution in [1.82, 2.24) is 9.21 Å². The number of benzene rings is 2. The minimum Gasteiger partial charge on any atom is -0.497 e. The Morgan fingerprint density at radius 2 is 1.97 bits per heavy atom. The Morgan fingerprint density at radius 1 is 1.24 bits per heavy atom. The molecule has 1 fully saturated rings. The third-order valence-electron chi connectivity index (χ3n) is 5.70. The summed E-state index contributed by atoms with van der Waals surface area (Å²) in [6, 6.07) is 12.0. The number of anilines is 1. The number of morpholine rings is 1. The van der Waals surface area contributed by atoms with Crippen LogP contribution < -0.4 is 10.1 Å². The van der Waals surface area contributed by atoms with Crippen molar-refractivity contribution in [3.8, 4) is 5.75 Å². The quantitative estimate of drug-likeness (QED) is 0.573. The molecule has 10 heteroatoms. The number of carbonyl (C=O) groups is 1. The van der Waals surface area contributed by atoms with Gasteiger partial charge in [-0.3, -0.25) is 9.69 Å². The van der Waals surface area contributed by atoms with Gasteiger partial charge in [0.1, 0.15) is 5.75 Å². The summed E-state index contributed by atoms with van der Waals surface area (Å²) in [5.74, 6) is 0.472. The zero-order chi connectivity index (χ0) is 24.0. The highest BCUT2D eigenvalue weighted by molar-refractivity contribution is 7.89. The first kappa shape index (κ1) is 25.5. The summed E-state index contributed by atoms with van der Waals surface area (Å²) in [5, 5.41) is 3.05. The van der Waals surface area contributed by atoms with Crippen LogP contribution in [0, 0.1) is 0 Å². The summed E-state index contributed by atoms with van der Waals surface area (Å²) in [5.41, 5.74) is 1.29. The molecule has 2 aromatic carbocycles. The maximum Gasteiger partial charge on any atom is 0.243 e. The number of methoxy groups -OCH3 is 1. The highest BCUT2D eigenvalue weighted by Crippen LogP contribution is 2.28. The summed E-state index contributed by atoms with van der Waals surface area (Å²) in [6.07, 6.45) is 0. The first-order valence-corrected chi connectivity index (χ1v) is 12.6. The van der Waals surface area contributed by atoms with Crippen molar-refractivity contribution in [2.45, 2.75) is 24.8 Å². The lowest BCUT2D eigenvalue weighted by Gasteiger charge is -2.28. The zero-order valence-electron chi connectivity index (χ0n) is 19.1. The molecule has 0 spiro atoms. The highest BCUT2D eigenvalue weighted by atomic mass is 35.5. The number of carbonyl (C=O) groups excluding carboxylic acids is 1. The summed E-state index contributed by atoms with van der Waals surface area (Å²) >= 11 is 6.27. The standard InChI is InChI=1S/C23H30ClN3O5S/c1-4-26(17(2)18-6-5-7-19(14-18)31-3)16-23(28)25-22-15-20(8-9-21(22)24)33(29,30)27-10-12-32-13-11-27/h5-9,14-15,17H,4,10-13,16H2,1-3H3,(H,25,28)/t17-/m1/s1. The Balaban J connectivity index is 1.73. The third kappa shape index (κ3) is 6.24. The molecular formula is C23H30ClN3O5S. The van der Waals surface area contributed by atoms with Crippen molar-refractivity contribution >= 4 is 33.2 Å². The maximum atomic E-state index is 13.0. The highest BCUT2D eigenvalue weighted by Gasteiger charge is 2.27. The number of amides is 1. The van der Waals surface area contributed by atoms with E-state index in [-0.39, 0.29) is 34.1 Å². The minimum atomic E-state index is -3.70. The van der Waals surface area contributed by atoms with Crippen LogP contribution in [-0.2, 0) is 19.6 Å². The molecule has 1 atom stereocenters. The molecule has 8 nitrogen and oxygen atoms in total. The summed E-state index contributed by atoms with van der Waals surface area (Å²) in [7, 11) is -2.08. The SMILES string of the molecule is CCN(CC(=O)Nc1cc(S(=O)(=O)N2CCOCC2)ccc1Cl)[C@H](C)c1cccc(OC)c1. The predicted octanol–water partition coefficient (Wildman–Crippen LogP) is 3.39. The average Bonchev–Trinajstić information content (AvgIpc) is 2.84. The van der Waals surface area contributed by atoms with Gasteiger partial charge in [-0.25, -0.2) is 8.42 Å². The van der Waals surface area contributed by atoms with Crippen molar-refractivity contribution in [2.75, 3.05) is 51.8 Å². The van der Waals surface area contributed by atoms with E-state index in [9.17, 15) is 13.2 Å². The number of likely N-dealkylation sites (N-methyl/N-ethyl adjacent to an activating group) is 1. The molecule has 0 bridgehead atoms. The smallest absolute Gasteiger partial charge is 0.243 e. The Morgan fingerprint density at radius 3 is 2.64 bits per heavy atom. The number of hydrogen-bond donors (Lipinski definition) is 1. The number of nitrogens with one attached hydrogen (secondary N) is 1. The molecule has 180 valence electrons. The van der Waals surface area contributed by atoms with Gasteiger partial charge in [-0.05, 0) is 49.4 Å². The van der Waals surface area contributed by atoms with Crippen LogP contribution in [-0.4, -0.2) is 70.0 Å². The number of sulfonamides is 1. The lowest BCUT2D eigenvalue weighted by Crippen LogP contribution is -2.40. The van der Waals surface area contributed by atoms with Gasteiger partial charge in [-0.1, -0.05) is 30.7 Å². The molecule has 1 saturated heterocycles. The van der Waals surface area contributed by atoms with Crippen LogP contribution in [0.3, 0.4) is 0 Å². The second kappa shape index (κ2) is 11.3. The van der Waals surface area contributed by atoms with Gasteiger partial charge < -0.3 is 14.8 Å². The van der Waals surface area contributed by atoms with Crippen LogP contribution >= 0.6 is 11.6 Å². The van der Waals surface area contributed by atoms with Gasteiger partial charge in [0.05, 0.1) is 42.5 Å². The van der Waals surface area contributed by atoms with Crippen molar-refractivity contribution < 1.29 is 22.7 Å². The van der Waals surface area contributed by atoms with Crippen LogP contribution in [0.5, 0.6) is 5.75 Å². The molecule has 1 amide bonds. The van der Waals surface area contributed by atoms with Crippen LogP contribution in [0.1, 0.15) is 25.5 Å². The van der Waals surface area contributed by atoms with E-state index in [1.54, 1.807) is 7.11 Å². The fraction of sp³-hybridized carbons (Fsp3) is 0.435. The van der Waals surface area contributed by atoms with E-state index in [0.717, 1.165) is 11.3 Å². The van der Waals surface area contributed by atoms with E-state index in [2.05, 4.69) is 5.32 Å². The Hall–Kier alpha value is -2.17. The summed E-state index contributed by atoms with van der Waals surface area (Å²) < 4.78 is 37.8. The fourth-order valence-electron chi connectivity index (χ4n) is 3.71. The summed E-state index contributed by atoms with van der Waals surface area (Å²) in [4.78, 5) is 14.9. The Bertz CT molecular complexity index is 1070. The second-order valence-corrected chi connectivity index (χ2v) is 10.1. The third-order valence-corrected chi connectivity index (χ3v) is 7.92. The van der Waals surface area contributed by atoms with Crippen LogP contribution in [0.25, 0.3) is 0 Å². The topological polar surface area (TPSA) is 88.2 Å². The normalized spacial score (nSPS) is 15.9. The molecule has 33 heavy (non-hydrogen) atoms. The Kier molecular flexibility index (Phi) is 8.72. The van der Waals surface area contributed by atoms with Crippen LogP contribution in [0.2, 0.25) is 5.02 Å². The molecule has 0 unspecified atom stereocenters. The minimum absolute atomic E-state index is 0.0284. The van der Waals surface area contributed by atoms with E-state index in [1.807, 2.05) is 43.0 Å². The molecule has 3 rings (SSSR count). The Labute approximate surface area is 200 Å². The van der Waals surface area contributed by atoms with Gasteiger partial charge in [-0.15, -0.1) is 0 Å². The van der Waals surface area contributed by atoms with Gasteiger partial charge in [0.25, 0.3) is 0 Å². The largest absolute Gasteiger partial charge is 0.497 e. The van der Waals surface area contributed by atoms with E-state index in [1.165, 1.54) is 22.5 Å². The number of nitrogens with zero attached hydrogens (tertiary/aromatic N) is 2. The average molecular weight is 496 g/mol. The first-order valence-electron chi connectivity index (χ1n) is 10.8. The van der Waals surface area contributed by atoms with E-state index < -0.39 is 10.0 Å². The van der Waals surface area contributed by atoms with Gasteiger partial charge in [0, 0.05) is 19.1 Å². The monoisotopic (exact) mass is 495 g/mol. The molecule has 0 saturated carbocycles. The first-order chi connectivity index (χ1) is 15.8. The van der Waals surface area contributed by atoms with Gasteiger partial charge in [0.2, 0.25) is 15.9 Å². The molecule has 0 aromatic heterocycles. The molecule has 1 aliphatic heterocycles.